The van der Waals surface area contributed by atoms with Crippen LogP contribution in [-0.2, 0) is 9.53 Å². The lowest BCUT2D eigenvalue weighted by Crippen LogP contribution is -2.41. The SMILES string of the molecule is COc1ccc(-c2cc(NC(=O)[C@H](C)CN3CCOCC3)ccc2OC(F)F)cc1. The number of nitrogens with zero attached hydrogens (tertiary/aromatic N) is 1. The van der Waals surface area contributed by atoms with Crippen molar-refractivity contribution >= 4 is 11.6 Å². The molecule has 0 unspecified atom stereocenters. The van der Waals surface area contributed by atoms with E-state index in [0.717, 1.165) is 13.1 Å². The standard InChI is InChI=1S/C22H26F2N2O4/c1-15(14-26-9-11-29-12-10-26)21(27)25-17-5-8-20(30-22(23)24)19(13-17)16-3-6-18(28-2)7-4-16/h3-8,13,15,22H,9-12,14H2,1-2H3,(H,25,27)/t15-/m1/s1. The largest absolute Gasteiger partial charge is 0.497 e. The van der Waals surface area contributed by atoms with Gasteiger partial charge in [-0.2, -0.15) is 8.78 Å². The van der Waals surface area contributed by atoms with Crippen molar-refractivity contribution in [1.29, 1.82) is 0 Å². The van der Waals surface area contributed by atoms with Gasteiger partial charge in [0.1, 0.15) is 11.5 Å². The first kappa shape index (κ1) is 22.0. The Kier molecular flexibility index (Phi) is 7.59. The van der Waals surface area contributed by atoms with E-state index in [2.05, 4.69) is 15.0 Å². The fraction of sp³-hybridized carbons (Fsp3) is 0.409. The summed E-state index contributed by atoms with van der Waals surface area (Å²) in [6, 6.07) is 11.6. The van der Waals surface area contributed by atoms with Crippen molar-refractivity contribution in [1.82, 2.24) is 4.90 Å². The third-order valence-electron chi connectivity index (χ3n) is 4.95. The number of amides is 1. The number of carbonyl (C=O) groups is 1. The number of nitrogens with one attached hydrogen (secondary N) is 1. The van der Waals surface area contributed by atoms with Crippen LogP contribution in [0.3, 0.4) is 0 Å². The van der Waals surface area contributed by atoms with E-state index in [9.17, 15) is 13.6 Å². The highest BCUT2D eigenvalue weighted by molar-refractivity contribution is 5.93. The predicted molar refractivity (Wildman–Crippen MR) is 110 cm³/mol. The van der Waals surface area contributed by atoms with E-state index < -0.39 is 6.61 Å². The fourth-order valence-corrected chi connectivity index (χ4v) is 3.32. The minimum atomic E-state index is -2.95. The average Bonchev–Trinajstić information content (AvgIpc) is 2.75. The van der Waals surface area contributed by atoms with Crippen LogP contribution in [-0.4, -0.2) is 57.4 Å². The molecule has 0 saturated carbocycles. The number of alkyl halides is 2. The molecule has 1 aliphatic heterocycles. The van der Waals surface area contributed by atoms with Gasteiger partial charge >= 0.3 is 6.61 Å². The Hall–Kier alpha value is -2.71. The van der Waals surface area contributed by atoms with Gasteiger partial charge in [0.05, 0.1) is 20.3 Å². The van der Waals surface area contributed by atoms with Crippen molar-refractivity contribution in [2.24, 2.45) is 5.92 Å². The molecule has 1 heterocycles. The third kappa shape index (κ3) is 5.90. The zero-order valence-corrected chi connectivity index (χ0v) is 17.1. The zero-order valence-electron chi connectivity index (χ0n) is 17.1. The van der Waals surface area contributed by atoms with Crippen LogP contribution in [0, 0.1) is 5.92 Å². The fourth-order valence-electron chi connectivity index (χ4n) is 3.32. The maximum Gasteiger partial charge on any atom is 0.387 e. The lowest BCUT2D eigenvalue weighted by molar-refractivity contribution is -0.120. The van der Waals surface area contributed by atoms with Gasteiger partial charge in [-0.05, 0) is 35.9 Å². The predicted octanol–water partition coefficient (Wildman–Crippen LogP) is 3.87. The molecule has 6 nitrogen and oxygen atoms in total. The number of rotatable bonds is 8. The number of hydrogen-bond acceptors (Lipinski definition) is 5. The highest BCUT2D eigenvalue weighted by Gasteiger charge is 2.20. The zero-order chi connectivity index (χ0) is 21.5. The van der Waals surface area contributed by atoms with Crippen molar-refractivity contribution in [3.05, 3.63) is 42.5 Å². The van der Waals surface area contributed by atoms with E-state index in [1.54, 1.807) is 43.5 Å². The Bertz CT molecular complexity index is 840. The lowest BCUT2D eigenvalue weighted by atomic mass is 10.0. The summed E-state index contributed by atoms with van der Waals surface area (Å²) in [5.74, 6) is 0.320. The molecule has 1 N–H and O–H groups in total. The number of methoxy groups -OCH3 is 1. The molecule has 1 saturated heterocycles. The molecular weight excluding hydrogens is 394 g/mol. The van der Waals surface area contributed by atoms with Crippen molar-refractivity contribution in [3.8, 4) is 22.6 Å². The number of ether oxygens (including phenoxy) is 3. The van der Waals surface area contributed by atoms with Gasteiger partial charge in [0.2, 0.25) is 5.91 Å². The molecule has 2 aromatic rings. The highest BCUT2D eigenvalue weighted by Crippen LogP contribution is 2.34. The second-order valence-electron chi connectivity index (χ2n) is 7.12. The second-order valence-corrected chi connectivity index (χ2v) is 7.12. The quantitative estimate of drug-likeness (QED) is 0.703. The van der Waals surface area contributed by atoms with E-state index in [1.165, 1.54) is 6.07 Å². The smallest absolute Gasteiger partial charge is 0.387 e. The summed E-state index contributed by atoms with van der Waals surface area (Å²) in [5.41, 5.74) is 1.64. The van der Waals surface area contributed by atoms with Crippen LogP contribution in [0.2, 0.25) is 0 Å². The Balaban J connectivity index is 1.76. The molecule has 162 valence electrons. The van der Waals surface area contributed by atoms with Crippen LogP contribution in [0.1, 0.15) is 6.92 Å². The van der Waals surface area contributed by atoms with Crippen molar-refractivity contribution in [3.63, 3.8) is 0 Å². The van der Waals surface area contributed by atoms with Crippen molar-refractivity contribution in [2.45, 2.75) is 13.5 Å². The number of benzene rings is 2. The average molecular weight is 420 g/mol. The third-order valence-corrected chi connectivity index (χ3v) is 4.95. The molecule has 0 aliphatic carbocycles. The summed E-state index contributed by atoms with van der Waals surface area (Å²) in [6.07, 6.45) is 0. The van der Waals surface area contributed by atoms with E-state index in [1.807, 2.05) is 6.92 Å². The van der Waals surface area contributed by atoms with Gasteiger partial charge in [-0.15, -0.1) is 0 Å². The molecular formula is C22H26F2N2O4. The van der Waals surface area contributed by atoms with E-state index in [4.69, 9.17) is 9.47 Å². The molecule has 1 aliphatic rings. The highest BCUT2D eigenvalue weighted by atomic mass is 19.3. The molecule has 0 aromatic heterocycles. The maximum atomic E-state index is 12.8. The van der Waals surface area contributed by atoms with Crippen LogP contribution in [0.15, 0.2) is 42.5 Å². The van der Waals surface area contributed by atoms with Gasteiger partial charge in [0.25, 0.3) is 0 Å². The van der Waals surface area contributed by atoms with Crippen molar-refractivity contribution in [2.75, 3.05) is 45.3 Å². The summed E-state index contributed by atoms with van der Waals surface area (Å²) in [5, 5.41) is 2.88. The molecule has 30 heavy (non-hydrogen) atoms. The molecule has 3 rings (SSSR count). The number of carbonyl (C=O) groups excluding carboxylic acids is 1. The number of anilines is 1. The summed E-state index contributed by atoms with van der Waals surface area (Å²) < 4.78 is 40.8. The van der Waals surface area contributed by atoms with Gasteiger partial charge in [0, 0.05) is 36.8 Å². The first-order chi connectivity index (χ1) is 14.5. The second kappa shape index (κ2) is 10.4. The van der Waals surface area contributed by atoms with Crippen LogP contribution in [0.25, 0.3) is 11.1 Å². The van der Waals surface area contributed by atoms with Gasteiger partial charge in [-0.3, -0.25) is 9.69 Å². The molecule has 0 spiro atoms. The summed E-state index contributed by atoms with van der Waals surface area (Å²) >= 11 is 0. The van der Waals surface area contributed by atoms with Crippen LogP contribution in [0.5, 0.6) is 11.5 Å². The van der Waals surface area contributed by atoms with E-state index in [0.29, 0.717) is 42.3 Å². The molecule has 0 radical (unpaired) electrons. The summed E-state index contributed by atoms with van der Waals surface area (Å²) in [6.45, 7) is 2.50. The minimum Gasteiger partial charge on any atom is -0.497 e. The topological polar surface area (TPSA) is 60.0 Å². The molecule has 8 heteroatoms. The minimum absolute atomic E-state index is 0.0366. The van der Waals surface area contributed by atoms with Gasteiger partial charge in [-0.25, -0.2) is 0 Å². The molecule has 0 bridgehead atoms. The monoisotopic (exact) mass is 420 g/mol. The summed E-state index contributed by atoms with van der Waals surface area (Å²) in [7, 11) is 1.55. The first-order valence-electron chi connectivity index (χ1n) is 9.80. The molecule has 1 amide bonds. The van der Waals surface area contributed by atoms with Gasteiger partial charge < -0.3 is 19.5 Å². The first-order valence-corrected chi connectivity index (χ1v) is 9.80. The van der Waals surface area contributed by atoms with E-state index >= 15 is 0 Å². The van der Waals surface area contributed by atoms with Gasteiger partial charge in [0.15, 0.2) is 0 Å². The Labute approximate surface area is 174 Å². The Morgan fingerprint density at radius 2 is 1.87 bits per heavy atom. The van der Waals surface area contributed by atoms with Crippen LogP contribution in [0.4, 0.5) is 14.5 Å². The number of morpholine rings is 1. The lowest BCUT2D eigenvalue weighted by Gasteiger charge is -2.28. The molecule has 1 fully saturated rings. The number of hydrogen-bond donors (Lipinski definition) is 1. The molecule has 2 aromatic carbocycles. The van der Waals surface area contributed by atoms with E-state index in [-0.39, 0.29) is 17.6 Å². The summed E-state index contributed by atoms with van der Waals surface area (Å²) in [4.78, 5) is 14.8. The number of halogens is 2. The maximum absolute atomic E-state index is 12.8. The van der Waals surface area contributed by atoms with Crippen LogP contribution >= 0.6 is 0 Å². The van der Waals surface area contributed by atoms with Crippen LogP contribution < -0.4 is 14.8 Å². The Morgan fingerprint density at radius 1 is 1.17 bits per heavy atom. The molecule has 1 atom stereocenters. The Morgan fingerprint density at radius 3 is 2.50 bits per heavy atom. The van der Waals surface area contributed by atoms with Crippen molar-refractivity contribution < 1.29 is 27.8 Å². The van der Waals surface area contributed by atoms with Gasteiger partial charge in [-0.1, -0.05) is 19.1 Å². The normalized spacial score (nSPS) is 15.6.